The monoisotopic (exact) mass is 334 g/mol. The summed E-state index contributed by atoms with van der Waals surface area (Å²) < 4.78 is 0. The Balaban J connectivity index is 1.87. The second-order valence-corrected chi connectivity index (χ2v) is 7.30. The van der Waals surface area contributed by atoms with Crippen molar-refractivity contribution in [2.24, 2.45) is 0 Å². The molecule has 0 amide bonds. The second-order valence-electron chi connectivity index (χ2n) is 7.30. The van der Waals surface area contributed by atoms with Gasteiger partial charge in [-0.1, -0.05) is 91.7 Å². The maximum absolute atomic E-state index is 2.45. The predicted octanol–water partition coefficient (Wildman–Crippen LogP) is 7.40. The van der Waals surface area contributed by atoms with E-state index in [1.165, 1.54) is 56.6 Å². The summed E-state index contributed by atoms with van der Waals surface area (Å²) in [6, 6.07) is 26.7. The summed E-state index contributed by atoms with van der Waals surface area (Å²) in [5, 5.41) is 5.32. The Bertz CT molecular complexity index is 1110. The van der Waals surface area contributed by atoms with Crippen LogP contribution in [0.25, 0.3) is 38.7 Å². The van der Waals surface area contributed by atoms with Crippen molar-refractivity contribution < 1.29 is 0 Å². The van der Waals surface area contributed by atoms with Gasteiger partial charge in [-0.3, -0.25) is 0 Å². The molecule has 4 aromatic carbocycles. The number of fused-ring (bicyclic) bond motifs is 3. The smallest absolute Gasteiger partial charge is 0.00207 e. The minimum Gasteiger partial charge on any atom is -0.0652 e. The molecule has 1 aliphatic carbocycles. The molecule has 0 spiro atoms. The number of hydrogen-bond acceptors (Lipinski definition) is 0. The molecule has 1 aliphatic rings. The fraction of sp³-hybridized carbons (Fsp3) is 0.154. The molecular formula is C26H22. The molecule has 0 saturated heterocycles. The fourth-order valence-corrected chi connectivity index (χ4v) is 4.44. The summed E-state index contributed by atoms with van der Waals surface area (Å²) in [7, 11) is 0. The molecule has 0 heterocycles. The zero-order chi connectivity index (χ0) is 17.5. The van der Waals surface area contributed by atoms with E-state index in [0.29, 0.717) is 0 Å². The zero-order valence-corrected chi connectivity index (χ0v) is 15.1. The highest BCUT2D eigenvalue weighted by Crippen LogP contribution is 2.41. The van der Waals surface area contributed by atoms with Gasteiger partial charge in [-0.15, -0.1) is 0 Å². The van der Waals surface area contributed by atoms with Crippen LogP contribution in [-0.2, 0) is 6.42 Å². The molecule has 0 aromatic heterocycles. The molecule has 0 atom stereocenters. The highest BCUT2D eigenvalue weighted by Gasteiger charge is 2.18. The van der Waals surface area contributed by atoms with E-state index < -0.39 is 0 Å². The van der Waals surface area contributed by atoms with Crippen LogP contribution < -0.4 is 0 Å². The van der Waals surface area contributed by atoms with Gasteiger partial charge in [0.15, 0.2) is 0 Å². The summed E-state index contributed by atoms with van der Waals surface area (Å²) in [6.07, 6.45) is 5.97. The summed E-state index contributed by atoms with van der Waals surface area (Å²) in [5.74, 6) is 0. The van der Waals surface area contributed by atoms with E-state index in [9.17, 15) is 0 Å². The number of benzene rings is 4. The van der Waals surface area contributed by atoms with Crippen LogP contribution in [0.4, 0.5) is 0 Å². The van der Waals surface area contributed by atoms with E-state index in [1.54, 1.807) is 5.57 Å². The molecule has 0 N–H and O–H groups in total. The third-order valence-electron chi connectivity index (χ3n) is 5.57. The molecule has 0 unspecified atom stereocenters. The quantitative estimate of drug-likeness (QED) is 0.342. The minimum atomic E-state index is 1.11. The van der Waals surface area contributed by atoms with Gasteiger partial charge in [0, 0.05) is 0 Å². The van der Waals surface area contributed by atoms with Crippen LogP contribution in [0.2, 0.25) is 0 Å². The van der Waals surface area contributed by atoms with Crippen molar-refractivity contribution in [2.45, 2.75) is 26.2 Å². The van der Waals surface area contributed by atoms with E-state index in [0.717, 1.165) is 6.42 Å². The van der Waals surface area contributed by atoms with Crippen molar-refractivity contribution in [3.63, 3.8) is 0 Å². The average Bonchev–Trinajstić information content (AvgIpc) is 3.09. The molecule has 0 nitrogen and oxygen atoms in total. The Kier molecular flexibility index (Phi) is 3.64. The molecule has 0 aliphatic heterocycles. The fourth-order valence-electron chi connectivity index (χ4n) is 4.44. The first-order valence-corrected chi connectivity index (χ1v) is 9.57. The van der Waals surface area contributed by atoms with Gasteiger partial charge in [0.2, 0.25) is 0 Å². The number of hydrogen-bond donors (Lipinski definition) is 0. The van der Waals surface area contributed by atoms with Gasteiger partial charge in [0.05, 0.1) is 0 Å². The highest BCUT2D eigenvalue weighted by atomic mass is 14.2. The van der Waals surface area contributed by atoms with Crippen LogP contribution in [0.5, 0.6) is 0 Å². The molecule has 26 heavy (non-hydrogen) atoms. The first-order valence-electron chi connectivity index (χ1n) is 9.57. The lowest BCUT2D eigenvalue weighted by molar-refractivity contribution is 0.886. The molecule has 4 aromatic rings. The predicted molar refractivity (Wildman–Crippen MR) is 113 cm³/mol. The lowest BCUT2D eigenvalue weighted by Gasteiger charge is -2.15. The van der Waals surface area contributed by atoms with Crippen molar-refractivity contribution in [3.05, 3.63) is 89.5 Å². The summed E-state index contributed by atoms with van der Waals surface area (Å²) in [6.45, 7) is 2.27. The highest BCUT2D eigenvalue weighted by molar-refractivity contribution is 6.13. The first-order chi connectivity index (χ1) is 12.8. The van der Waals surface area contributed by atoms with Gasteiger partial charge >= 0.3 is 0 Å². The van der Waals surface area contributed by atoms with E-state index in [2.05, 4.69) is 85.8 Å². The van der Waals surface area contributed by atoms with Crippen molar-refractivity contribution >= 4 is 27.6 Å². The number of allylic oxidation sites excluding steroid dienone is 1. The average molecular weight is 334 g/mol. The topological polar surface area (TPSA) is 0 Å². The van der Waals surface area contributed by atoms with Gasteiger partial charge in [0.1, 0.15) is 0 Å². The van der Waals surface area contributed by atoms with Gasteiger partial charge in [-0.2, -0.15) is 0 Å². The van der Waals surface area contributed by atoms with E-state index in [4.69, 9.17) is 0 Å². The lowest BCUT2D eigenvalue weighted by Crippen LogP contribution is -1.90. The second kappa shape index (κ2) is 6.14. The van der Waals surface area contributed by atoms with Crippen molar-refractivity contribution in [1.29, 1.82) is 0 Å². The molecule has 126 valence electrons. The maximum Gasteiger partial charge on any atom is -0.00207 e. The third kappa shape index (κ3) is 2.37. The summed E-state index contributed by atoms with van der Waals surface area (Å²) >= 11 is 0. The Morgan fingerprint density at radius 1 is 0.769 bits per heavy atom. The Hall–Kier alpha value is -2.86. The van der Waals surface area contributed by atoms with Crippen LogP contribution in [0.15, 0.2) is 78.4 Å². The van der Waals surface area contributed by atoms with Crippen molar-refractivity contribution in [2.75, 3.05) is 0 Å². The van der Waals surface area contributed by atoms with E-state index in [1.807, 2.05) is 0 Å². The van der Waals surface area contributed by atoms with E-state index >= 15 is 0 Å². The third-order valence-corrected chi connectivity index (χ3v) is 5.57. The normalized spacial score (nSPS) is 13.2. The van der Waals surface area contributed by atoms with Crippen LogP contribution in [0.3, 0.4) is 0 Å². The lowest BCUT2D eigenvalue weighted by atomic mass is 9.89. The van der Waals surface area contributed by atoms with Crippen LogP contribution in [0, 0.1) is 0 Å². The largest absolute Gasteiger partial charge is 0.0652 e. The molecular weight excluding hydrogens is 312 g/mol. The van der Waals surface area contributed by atoms with Crippen LogP contribution >= 0.6 is 0 Å². The van der Waals surface area contributed by atoms with Gasteiger partial charge in [-0.25, -0.2) is 0 Å². The van der Waals surface area contributed by atoms with Crippen LogP contribution in [0.1, 0.15) is 30.9 Å². The number of rotatable bonds is 3. The Labute approximate surface area is 154 Å². The van der Waals surface area contributed by atoms with Crippen molar-refractivity contribution in [1.82, 2.24) is 0 Å². The summed E-state index contributed by atoms with van der Waals surface area (Å²) in [5.41, 5.74) is 7.23. The van der Waals surface area contributed by atoms with Gasteiger partial charge in [0.25, 0.3) is 0 Å². The molecule has 0 saturated carbocycles. The Morgan fingerprint density at radius 2 is 1.46 bits per heavy atom. The standard InChI is InChI=1S/C26H22/c1-2-8-18-15-19-11-7-14-24(25(19)16-18)26-22-12-5-3-9-20(22)17-21-10-4-6-13-23(21)26/h3-7,9-14,16-17H,2,8,15H2,1H3. The Morgan fingerprint density at radius 3 is 2.15 bits per heavy atom. The molecule has 0 heteroatoms. The van der Waals surface area contributed by atoms with Crippen molar-refractivity contribution in [3.8, 4) is 11.1 Å². The zero-order valence-electron chi connectivity index (χ0n) is 15.1. The summed E-state index contributed by atoms with van der Waals surface area (Å²) in [4.78, 5) is 0. The maximum atomic E-state index is 2.45. The van der Waals surface area contributed by atoms with Gasteiger partial charge in [-0.05, 0) is 62.7 Å². The van der Waals surface area contributed by atoms with E-state index in [-0.39, 0.29) is 0 Å². The van der Waals surface area contributed by atoms with Crippen LogP contribution in [-0.4, -0.2) is 0 Å². The first kappa shape index (κ1) is 15.4. The van der Waals surface area contributed by atoms with Gasteiger partial charge < -0.3 is 0 Å². The molecule has 0 radical (unpaired) electrons. The molecule has 0 fully saturated rings. The SMILES string of the molecule is CCCC1=Cc2c(cccc2-c2c3ccccc3cc3ccccc23)C1. The molecule has 0 bridgehead atoms. The minimum absolute atomic E-state index is 1.11. The molecule has 5 rings (SSSR count).